The van der Waals surface area contributed by atoms with Crippen LogP contribution in [-0.4, -0.2) is 22.2 Å². The molecule has 2 heterocycles. The molecule has 6 heteroatoms. The lowest BCUT2D eigenvalue weighted by Gasteiger charge is -2.19. The lowest BCUT2D eigenvalue weighted by molar-refractivity contribution is 0.102. The summed E-state index contributed by atoms with van der Waals surface area (Å²) in [5.41, 5.74) is 4.30. The topological polar surface area (TPSA) is 59.0 Å². The van der Waals surface area contributed by atoms with E-state index in [9.17, 15) is 9.18 Å². The quantitative estimate of drug-likeness (QED) is 0.714. The molecule has 0 atom stereocenters. The Morgan fingerprint density at radius 2 is 2.07 bits per heavy atom. The molecule has 1 amide bonds. The summed E-state index contributed by atoms with van der Waals surface area (Å²) in [5, 5.41) is 10.4. The predicted molar refractivity (Wildman–Crippen MR) is 107 cm³/mol. The van der Waals surface area contributed by atoms with Crippen LogP contribution in [-0.2, 0) is 25.9 Å². The fraction of sp³-hybridized carbons (Fsp3) is 0.273. The molecule has 0 aliphatic carbocycles. The standard InChI is InChI=1S/C22H23FN4O/c1-2-20-18(13-25-27(20)14-15-6-4-3-5-7-15)22(28)26-19-9-8-16-12-24-11-10-17(16)21(19)23/h3-9,13,24H,2,10-12,14H2,1H3,(H,26,28). The van der Waals surface area contributed by atoms with Crippen molar-refractivity contribution in [3.8, 4) is 0 Å². The number of aromatic nitrogens is 2. The molecule has 1 aromatic heterocycles. The molecule has 5 nitrogen and oxygen atoms in total. The van der Waals surface area contributed by atoms with Gasteiger partial charge in [-0.15, -0.1) is 0 Å². The van der Waals surface area contributed by atoms with E-state index in [0.29, 0.717) is 37.1 Å². The summed E-state index contributed by atoms with van der Waals surface area (Å²) in [6.07, 6.45) is 2.85. The summed E-state index contributed by atoms with van der Waals surface area (Å²) in [7, 11) is 0. The number of anilines is 1. The first-order valence-electron chi connectivity index (χ1n) is 9.58. The van der Waals surface area contributed by atoms with Crippen LogP contribution < -0.4 is 10.6 Å². The lowest BCUT2D eigenvalue weighted by atomic mass is 9.99. The molecule has 3 aromatic rings. The van der Waals surface area contributed by atoms with Crippen LogP contribution in [0.3, 0.4) is 0 Å². The lowest BCUT2D eigenvalue weighted by Crippen LogP contribution is -2.25. The average molecular weight is 378 g/mol. The van der Waals surface area contributed by atoms with Crippen molar-refractivity contribution in [1.29, 1.82) is 0 Å². The molecular formula is C22H23FN4O. The molecular weight excluding hydrogens is 355 g/mol. The van der Waals surface area contributed by atoms with E-state index in [4.69, 9.17) is 0 Å². The Morgan fingerprint density at radius 1 is 1.25 bits per heavy atom. The highest BCUT2D eigenvalue weighted by Crippen LogP contribution is 2.25. The van der Waals surface area contributed by atoms with Crippen molar-refractivity contribution in [1.82, 2.24) is 15.1 Å². The van der Waals surface area contributed by atoms with E-state index < -0.39 is 0 Å². The molecule has 2 aromatic carbocycles. The van der Waals surface area contributed by atoms with Crippen LogP contribution in [0.4, 0.5) is 10.1 Å². The van der Waals surface area contributed by atoms with Gasteiger partial charge in [-0.25, -0.2) is 4.39 Å². The van der Waals surface area contributed by atoms with Crippen LogP contribution in [0.15, 0.2) is 48.7 Å². The second-order valence-corrected chi connectivity index (χ2v) is 6.95. The number of carbonyl (C=O) groups excluding carboxylic acids is 1. The minimum atomic E-state index is -0.331. The van der Waals surface area contributed by atoms with E-state index >= 15 is 0 Å². The molecule has 0 radical (unpaired) electrons. The number of rotatable bonds is 5. The van der Waals surface area contributed by atoms with E-state index in [1.54, 1.807) is 12.3 Å². The molecule has 0 bridgehead atoms. The minimum Gasteiger partial charge on any atom is -0.319 e. The molecule has 1 aliphatic rings. The average Bonchev–Trinajstić information content (AvgIpc) is 3.13. The van der Waals surface area contributed by atoms with E-state index in [0.717, 1.165) is 23.4 Å². The Labute approximate surface area is 163 Å². The third-order valence-corrected chi connectivity index (χ3v) is 5.16. The molecule has 144 valence electrons. The maximum atomic E-state index is 14.8. The SMILES string of the molecule is CCc1c(C(=O)Nc2ccc3c(c2F)CCNC3)cnn1Cc1ccccc1. The fourth-order valence-corrected chi connectivity index (χ4v) is 3.69. The van der Waals surface area contributed by atoms with Crippen molar-refractivity contribution in [2.24, 2.45) is 0 Å². The highest BCUT2D eigenvalue weighted by Gasteiger charge is 2.21. The Bertz CT molecular complexity index is 997. The first kappa shape index (κ1) is 18.4. The van der Waals surface area contributed by atoms with Crippen molar-refractivity contribution in [3.05, 3.63) is 82.4 Å². The van der Waals surface area contributed by atoms with Crippen molar-refractivity contribution in [2.75, 3.05) is 11.9 Å². The molecule has 0 saturated carbocycles. The van der Waals surface area contributed by atoms with Gasteiger partial charge in [0.1, 0.15) is 5.82 Å². The molecule has 2 N–H and O–H groups in total. The number of nitrogens with one attached hydrogen (secondary N) is 2. The van der Waals surface area contributed by atoms with Crippen molar-refractivity contribution in [3.63, 3.8) is 0 Å². The van der Waals surface area contributed by atoms with Gasteiger partial charge in [-0.05, 0) is 42.1 Å². The molecule has 4 rings (SSSR count). The molecule has 1 aliphatic heterocycles. The number of amides is 1. The maximum absolute atomic E-state index is 14.8. The summed E-state index contributed by atoms with van der Waals surface area (Å²) in [5.74, 6) is -0.661. The van der Waals surface area contributed by atoms with Gasteiger partial charge >= 0.3 is 0 Å². The van der Waals surface area contributed by atoms with Gasteiger partial charge in [0.05, 0.1) is 29.7 Å². The number of benzene rings is 2. The fourth-order valence-electron chi connectivity index (χ4n) is 3.69. The second kappa shape index (κ2) is 7.94. The Kier molecular flexibility index (Phi) is 5.21. The maximum Gasteiger partial charge on any atom is 0.259 e. The summed E-state index contributed by atoms with van der Waals surface area (Å²) in [6, 6.07) is 13.5. The summed E-state index contributed by atoms with van der Waals surface area (Å²) < 4.78 is 16.7. The highest BCUT2D eigenvalue weighted by molar-refractivity contribution is 6.05. The van der Waals surface area contributed by atoms with Crippen molar-refractivity contribution < 1.29 is 9.18 Å². The number of carbonyl (C=O) groups is 1. The van der Waals surface area contributed by atoms with Crippen molar-refractivity contribution in [2.45, 2.75) is 32.9 Å². The number of halogens is 1. The Hall–Kier alpha value is -2.99. The van der Waals surface area contributed by atoms with Gasteiger partial charge in [0.25, 0.3) is 5.91 Å². The number of nitrogens with zero attached hydrogens (tertiary/aromatic N) is 2. The van der Waals surface area contributed by atoms with Crippen LogP contribution in [0.25, 0.3) is 0 Å². The van der Waals surface area contributed by atoms with Crippen molar-refractivity contribution >= 4 is 11.6 Å². The molecule has 28 heavy (non-hydrogen) atoms. The summed E-state index contributed by atoms with van der Waals surface area (Å²) in [4.78, 5) is 12.8. The molecule has 0 unspecified atom stereocenters. The Morgan fingerprint density at radius 3 is 2.86 bits per heavy atom. The third-order valence-electron chi connectivity index (χ3n) is 5.16. The largest absolute Gasteiger partial charge is 0.319 e. The van der Waals surface area contributed by atoms with Gasteiger partial charge in [-0.3, -0.25) is 9.48 Å². The zero-order chi connectivity index (χ0) is 19.5. The zero-order valence-electron chi connectivity index (χ0n) is 15.8. The summed E-state index contributed by atoms with van der Waals surface area (Å²) in [6.45, 7) is 3.99. The van der Waals surface area contributed by atoms with Gasteiger partial charge < -0.3 is 10.6 Å². The first-order chi connectivity index (χ1) is 13.7. The van der Waals surface area contributed by atoms with Crippen LogP contribution in [0, 0.1) is 5.82 Å². The van der Waals surface area contributed by atoms with Gasteiger partial charge in [0, 0.05) is 6.54 Å². The number of hydrogen-bond acceptors (Lipinski definition) is 3. The van der Waals surface area contributed by atoms with Gasteiger partial charge in [-0.1, -0.05) is 43.3 Å². The minimum absolute atomic E-state index is 0.225. The van der Waals surface area contributed by atoms with Gasteiger partial charge in [-0.2, -0.15) is 5.10 Å². The summed E-state index contributed by atoms with van der Waals surface area (Å²) >= 11 is 0. The monoisotopic (exact) mass is 378 g/mol. The number of fused-ring (bicyclic) bond motifs is 1. The van der Waals surface area contributed by atoms with Crippen LogP contribution in [0.1, 0.15) is 39.7 Å². The van der Waals surface area contributed by atoms with Crippen LogP contribution in [0.2, 0.25) is 0 Å². The van der Waals surface area contributed by atoms with Crippen LogP contribution in [0.5, 0.6) is 0 Å². The van der Waals surface area contributed by atoms with E-state index in [1.807, 2.05) is 48.0 Å². The molecule has 0 spiro atoms. The van der Waals surface area contributed by atoms with E-state index in [1.165, 1.54) is 0 Å². The van der Waals surface area contributed by atoms with E-state index in [-0.39, 0.29) is 17.4 Å². The first-order valence-corrected chi connectivity index (χ1v) is 9.58. The number of hydrogen-bond donors (Lipinski definition) is 2. The predicted octanol–water partition coefficient (Wildman–Crippen LogP) is 3.53. The van der Waals surface area contributed by atoms with Crippen LogP contribution >= 0.6 is 0 Å². The molecule has 0 saturated heterocycles. The highest BCUT2D eigenvalue weighted by atomic mass is 19.1. The normalized spacial score (nSPS) is 13.2. The Balaban J connectivity index is 1.57. The van der Waals surface area contributed by atoms with E-state index in [2.05, 4.69) is 15.7 Å². The third kappa shape index (κ3) is 3.55. The smallest absolute Gasteiger partial charge is 0.259 e. The van der Waals surface area contributed by atoms with Gasteiger partial charge in [0.2, 0.25) is 0 Å². The molecule has 0 fully saturated rings. The van der Waals surface area contributed by atoms with Gasteiger partial charge in [0.15, 0.2) is 0 Å². The zero-order valence-corrected chi connectivity index (χ0v) is 15.8. The second-order valence-electron chi connectivity index (χ2n) is 6.95.